The summed E-state index contributed by atoms with van der Waals surface area (Å²) in [7, 11) is 0. The monoisotopic (exact) mass is 309 g/mol. The molecular formula is C12H12BrN3O2. The number of carbonyl (C=O) groups excluding carboxylic acids is 1. The lowest BCUT2D eigenvalue weighted by Gasteiger charge is -2.23. The molecule has 1 aliphatic rings. The number of halogens is 1. The number of benzene rings is 1. The van der Waals surface area contributed by atoms with Crippen LogP contribution in [0.1, 0.15) is 5.56 Å². The van der Waals surface area contributed by atoms with Gasteiger partial charge in [0, 0.05) is 11.0 Å². The highest BCUT2D eigenvalue weighted by molar-refractivity contribution is 9.10. The molecule has 1 atom stereocenters. The maximum Gasteiger partial charge on any atom is 0.243 e. The molecule has 0 spiro atoms. The molecule has 18 heavy (non-hydrogen) atoms. The highest BCUT2D eigenvalue weighted by Gasteiger charge is 2.21. The highest BCUT2D eigenvalue weighted by atomic mass is 79.9. The van der Waals surface area contributed by atoms with Gasteiger partial charge in [-0.25, -0.2) is 0 Å². The van der Waals surface area contributed by atoms with Crippen LogP contribution < -0.4 is 10.6 Å². The Balaban J connectivity index is 2.11. The SMILES string of the molecule is N#Cc1ccc(Br)cc1NC(=O)C1COCCN1. The van der Waals surface area contributed by atoms with E-state index in [0.717, 1.165) is 4.47 Å². The molecule has 5 nitrogen and oxygen atoms in total. The molecule has 0 aliphatic carbocycles. The first kappa shape index (κ1) is 13.0. The molecule has 0 aromatic heterocycles. The lowest BCUT2D eigenvalue weighted by Crippen LogP contribution is -2.48. The Hall–Kier alpha value is -1.42. The topological polar surface area (TPSA) is 74.2 Å². The molecule has 0 radical (unpaired) electrons. The van der Waals surface area contributed by atoms with E-state index in [2.05, 4.69) is 26.6 Å². The predicted molar refractivity (Wildman–Crippen MR) is 70.1 cm³/mol. The van der Waals surface area contributed by atoms with E-state index in [1.165, 1.54) is 0 Å². The van der Waals surface area contributed by atoms with Gasteiger partial charge in [0.05, 0.1) is 24.5 Å². The van der Waals surface area contributed by atoms with Gasteiger partial charge >= 0.3 is 0 Å². The standard InChI is InChI=1S/C12H12BrN3O2/c13-9-2-1-8(6-14)10(5-9)16-12(17)11-7-18-4-3-15-11/h1-2,5,11,15H,3-4,7H2,(H,16,17). The number of morpholine rings is 1. The molecule has 94 valence electrons. The molecule has 1 aromatic carbocycles. The molecule has 1 aliphatic heterocycles. The van der Waals surface area contributed by atoms with Gasteiger partial charge in [0.2, 0.25) is 5.91 Å². The van der Waals surface area contributed by atoms with Crippen molar-refractivity contribution < 1.29 is 9.53 Å². The number of hydrogen-bond donors (Lipinski definition) is 2. The van der Waals surface area contributed by atoms with Gasteiger partial charge in [-0.05, 0) is 18.2 Å². The fraction of sp³-hybridized carbons (Fsp3) is 0.333. The largest absolute Gasteiger partial charge is 0.378 e. The lowest BCUT2D eigenvalue weighted by molar-refractivity contribution is -0.120. The molecule has 1 amide bonds. The fourth-order valence-electron chi connectivity index (χ4n) is 1.67. The molecule has 2 rings (SSSR count). The Morgan fingerprint density at radius 1 is 1.61 bits per heavy atom. The van der Waals surface area contributed by atoms with E-state index in [1.807, 2.05) is 6.07 Å². The molecule has 0 bridgehead atoms. The number of anilines is 1. The van der Waals surface area contributed by atoms with Crippen LogP contribution in [0.5, 0.6) is 0 Å². The van der Waals surface area contributed by atoms with Crippen molar-refractivity contribution in [2.24, 2.45) is 0 Å². The predicted octanol–water partition coefficient (Wildman–Crippen LogP) is 1.25. The number of nitrogens with one attached hydrogen (secondary N) is 2. The molecule has 2 N–H and O–H groups in total. The van der Waals surface area contributed by atoms with Crippen LogP contribution in [-0.4, -0.2) is 31.7 Å². The van der Waals surface area contributed by atoms with Crippen molar-refractivity contribution in [2.75, 3.05) is 25.1 Å². The molecule has 1 saturated heterocycles. The van der Waals surface area contributed by atoms with Gasteiger partial charge in [0.1, 0.15) is 12.1 Å². The van der Waals surface area contributed by atoms with E-state index in [-0.39, 0.29) is 11.9 Å². The summed E-state index contributed by atoms with van der Waals surface area (Å²) in [5.41, 5.74) is 0.938. The van der Waals surface area contributed by atoms with Gasteiger partial charge in [0.25, 0.3) is 0 Å². The van der Waals surface area contributed by atoms with E-state index in [4.69, 9.17) is 10.00 Å². The normalized spacial score (nSPS) is 19.0. The van der Waals surface area contributed by atoms with Crippen molar-refractivity contribution in [1.29, 1.82) is 5.26 Å². The van der Waals surface area contributed by atoms with E-state index < -0.39 is 0 Å². The Labute approximate surface area is 113 Å². The first-order valence-corrected chi connectivity index (χ1v) is 6.31. The molecule has 1 fully saturated rings. The van der Waals surface area contributed by atoms with E-state index >= 15 is 0 Å². The van der Waals surface area contributed by atoms with Crippen LogP contribution in [0.25, 0.3) is 0 Å². The zero-order chi connectivity index (χ0) is 13.0. The molecular weight excluding hydrogens is 298 g/mol. The second-order valence-electron chi connectivity index (χ2n) is 3.87. The number of ether oxygens (including phenoxy) is 1. The van der Waals surface area contributed by atoms with Gasteiger partial charge in [-0.3, -0.25) is 4.79 Å². The zero-order valence-electron chi connectivity index (χ0n) is 9.57. The molecule has 1 aromatic rings. The third-order valence-corrected chi connectivity index (χ3v) is 3.09. The minimum Gasteiger partial charge on any atom is -0.378 e. The first-order valence-electron chi connectivity index (χ1n) is 5.52. The fourth-order valence-corrected chi connectivity index (χ4v) is 2.03. The summed E-state index contributed by atoms with van der Waals surface area (Å²) >= 11 is 3.31. The molecule has 6 heteroatoms. The number of nitrogens with zero attached hydrogens (tertiary/aromatic N) is 1. The number of carbonyl (C=O) groups is 1. The minimum absolute atomic E-state index is 0.190. The smallest absolute Gasteiger partial charge is 0.243 e. The summed E-state index contributed by atoms with van der Waals surface area (Å²) in [6, 6.07) is 6.80. The summed E-state index contributed by atoms with van der Waals surface area (Å²) in [6.45, 7) is 1.62. The Kier molecular flexibility index (Phi) is 4.31. The van der Waals surface area contributed by atoms with Crippen LogP contribution in [-0.2, 0) is 9.53 Å². The molecule has 1 unspecified atom stereocenters. The Morgan fingerprint density at radius 3 is 3.11 bits per heavy atom. The number of amides is 1. The summed E-state index contributed by atoms with van der Waals surface area (Å²) < 4.78 is 6.03. The van der Waals surface area contributed by atoms with Crippen molar-refractivity contribution in [3.63, 3.8) is 0 Å². The summed E-state index contributed by atoms with van der Waals surface area (Å²) in [5, 5.41) is 14.8. The maximum absolute atomic E-state index is 12.0. The van der Waals surface area contributed by atoms with Crippen LogP contribution in [0, 0.1) is 11.3 Å². The van der Waals surface area contributed by atoms with Crippen LogP contribution in [0.3, 0.4) is 0 Å². The van der Waals surface area contributed by atoms with E-state index in [0.29, 0.717) is 31.0 Å². The number of nitriles is 1. The van der Waals surface area contributed by atoms with Crippen LogP contribution >= 0.6 is 15.9 Å². The second-order valence-corrected chi connectivity index (χ2v) is 4.79. The number of hydrogen-bond acceptors (Lipinski definition) is 4. The maximum atomic E-state index is 12.0. The van der Waals surface area contributed by atoms with Gasteiger partial charge in [-0.1, -0.05) is 15.9 Å². The number of rotatable bonds is 2. The average Bonchev–Trinajstić information content (AvgIpc) is 2.40. The minimum atomic E-state index is -0.371. The Morgan fingerprint density at radius 2 is 2.44 bits per heavy atom. The van der Waals surface area contributed by atoms with Gasteiger partial charge in [-0.2, -0.15) is 5.26 Å². The Bertz CT molecular complexity index is 493. The molecule has 0 saturated carbocycles. The van der Waals surface area contributed by atoms with Gasteiger partial charge in [0.15, 0.2) is 0 Å². The van der Waals surface area contributed by atoms with Crippen LogP contribution in [0.2, 0.25) is 0 Å². The van der Waals surface area contributed by atoms with E-state index in [1.54, 1.807) is 18.2 Å². The van der Waals surface area contributed by atoms with Crippen molar-refractivity contribution in [2.45, 2.75) is 6.04 Å². The van der Waals surface area contributed by atoms with Crippen molar-refractivity contribution in [3.8, 4) is 6.07 Å². The highest BCUT2D eigenvalue weighted by Crippen LogP contribution is 2.21. The quantitative estimate of drug-likeness (QED) is 0.862. The lowest BCUT2D eigenvalue weighted by atomic mass is 10.2. The van der Waals surface area contributed by atoms with Gasteiger partial charge < -0.3 is 15.4 Å². The van der Waals surface area contributed by atoms with Gasteiger partial charge in [-0.15, -0.1) is 0 Å². The van der Waals surface area contributed by atoms with Crippen molar-refractivity contribution in [3.05, 3.63) is 28.2 Å². The first-order chi connectivity index (χ1) is 8.70. The summed E-state index contributed by atoms with van der Waals surface area (Å²) in [5.74, 6) is -0.190. The summed E-state index contributed by atoms with van der Waals surface area (Å²) in [6.07, 6.45) is 0. The van der Waals surface area contributed by atoms with E-state index in [9.17, 15) is 4.79 Å². The average molecular weight is 310 g/mol. The van der Waals surface area contributed by atoms with Crippen molar-refractivity contribution >= 4 is 27.5 Å². The van der Waals surface area contributed by atoms with Crippen LogP contribution in [0.15, 0.2) is 22.7 Å². The van der Waals surface area contributed by atoms with Crippen molar-refractivity contribution in [1.82, 2.24) is 5.32 Å². The molecule has 1 heterocycles. The second kappa shape index (κ2) is 5.96. The summed E-state index contributed by atoms with van der Waals surface area (Å²) in [4.78, 5) is 12.0. The third-order valence-electron chi connectivity index (χ3n) is 2.60. The third kappa shape index (κ3) is 3.07. The zero-order valence-corrected chi connectivity index (χ0v) is 11.2. The van der Waals surface area contributed by atoms with Crippen LogP contribution in [0.4, 0.5) is 5.69 Å².